The zero-order valence-corrected chi connectivity index (χ0v) is 15.6. The van der Waals surface area contributed by atoms with Gasteiger partial charge < -0.3 is 5.73 Å². The molecule has 0 bridgehead atoms. The minimum atomic E-state index is 0.667. The van der Waals surface area contributed by atoms with Crippen LogP contribution >= 0.6 is 11.6 Å². The SMILES string of the molecule is Nc1ccc(N=Nc2ccc(N=Nc3ccc(Cl)cc3)c3ccccc23)cc1. The number of hydrogen-bond acceptors (Lipinski definition) is 5. The van der Waals surface area contributed by atoms with E-state index in [2.05, 4.69) is 20.5 Å². The zero-order chi connectivity index (χ0) is 19.3. The molecule has 0 saturated heterocycles. The van der Waals surface area contributed by atoms with Crippen molar-refractivity contribution in [2.75, 3.05) is 5.73 Å². The second-order valence-electron chi connectivity index (χ2n) is 6.12. The summed E-state index contributed by atoms with van der Waals surface area (Å²) in [4.78, 5) is 0. The number of hydrogen-bond donors (Lipinski definition) is 1. The normalized spacial score (nSPS) is 11.6. The van der Waals surface area contributed by atoms with Gasteiger partial charge in [0.05, 0.1) is 22.7 Å². The average Bonchev–Trinajstić information content (AvgIpc) is 2.73. The van der Waals surface area contributed by atoms with Gasteiger partial charge in [0.2, 0.25) is 0 Å². The van der Waals surface area contributed by atoms with Gasteiger partial charge in [-0.3, -0.25) is 0 Å². The van der Waals surface area contributed by atoms with Crippen LogP contribution < -0.4 is 5.73 Å². The fourth-order valence-corrected chi connectivity index (χ4v) is 2.84. The molecule has 0 saturated carbocycles. The van der Waals surface area contributed by atoms with E-state index >= 15 is 0 Å². The van der Waals surface area contributed by atoms with Crippen LogP contribution in [0.15, 0.2) is 105 Å². The number of anilines is 1. The van der Waals surface area contributed by atoms with E-state index in [1.807, 2.05) is 60.7 Å². The predicted molar refractivity (Wildman–Crippen MR) is 115 cm³/mol. The van der Waals surface area contributed by atoms with Crippen LogP contribution in [0.3, 0.4) is 0 Å². The molecule has 0 radical (unpaired) electrons. The quantitative estimate of drug-likeness (QED) is 0.281. The Morgan fingerprint density at radius 2 is 1.00 bits per heavy atom. The van der Waals surface area contributed by atoms with Crippen LogP contribution in [-0.2, 0) is 0 Å². The highest BCUT2D eigenvalue weighted by molar-refractivity contribution is 6.30. The van der Waals surface area contributed by atoms with E-state index in [1.54, 1.807) is 24.3 Å². The Balaban J connectivity index is 1.68. The summed E-state index contributed by atoms with van der Waals surface area (Å²) in [5.74, 6) is 0. The van der Waals surface area contributed by atoms with Gasteiger partial charge in [-0.05, 0) is 60.7 Å². The molecule has 0 amide bonds. The van der Waals surface area contributed by atoms with Crippen molar-refractivity contribution in [1.29, 1.82) is 0 Å². The first-order valence-electron chi connectivity index (χ1n) is 8.65. The molecule has 2 N–H and O–H groups in total. The van der Waals surface area contributed by atoms with Crippen molar-refractivity contribution in [2.45, 2.75) is 0 Å². The number of nitrogens with zero attached hydrogens (tertiary/aromatic N) is 4. The number of nitrogen functional groups attached to an aromatic ring is 1. The third-order valence-corrected chi connectivity index (χ3v) is 4.40. The molecule has 0 heterocycles. The molecule has 136 valence electrons. The maximum atomic E-state index is 5.91. The first-order valence-corrected chi connectivity index (χ1v) is 9.03. The summed E-state index contributed by atoms with van der Waals surface area (Å²) in [7, 11) is 0. The molecule has 5 nitrogen and oxygen atoms in total. The van der Waals surface area contributed by atoms with Crippen molar-refractivity contribution in [3.8, 4) is 0 Å². The Labute approximate surface area is 167 Å². The monoisotopic (exact) mass is 385 g/mol. The fraction of sp³-hybridized carbons (Fsp3) is 0. The number of rotatable bonds is 4. The third-order valence-electron chi connectivity index (χ3n) is 4.14. The molecular formula is C22H16ClN5. The third kappa shape index (κ3) is 4.05. The summed E-state index contributed by atoms with van der Waals surface area (Å²) < 4.78 is 0. The second kappa shape index (κ2) is 7.98. The summed E-state index contributed by atoms with van der Waals surface area (Å²) in [6.07, 6.45) is 0. The molecular weight excluding hydrogens is 370 g/mol. The van der Waals surface area contributed by atoms with E-state index < -0.39 is 0 Å². The van der Waals surface area contributed by atoms with Gasteiger partial charge in [-0.1, -0.05) is 35.9 Å². The summed E-state index contributed by atoms with van der Waals surface area (Å²) in [5.41, 5.74) is 9.40. The summed E-state index contributed by atoms with van der Waals surface area (Å²) >= 11 is 5.91. The molecule has 0 aromatic heterocycles. The van der Waals surface area contributed by atoms with Gasteiger partial charge >= 0.3 is 0 Å². The van der Waals surface area contributed by atoms with Crippen LogP contribution in [0, 0.1) is 0 Å². The van der Waals surface area contributed by atoms with Crippen molar-refractivity contribution < 1.29 is 0 Å². The molecule has 0 spiro atoms. The Bertz CT molecular complexity index is 1070. The molecule has 0 aliphatic rings. The number of azo groups is 2. The maximum Gasteiger partial charge on any atom is 0.0936 e. The smallest absolute Gasteiger partial charge is 0.0936 e. The molecule has 4 rings (SSSR count). The van der Waals surface area contributed by atoms with E-state index in [9.17, 15) is 0 Å². The number of nitrogens with two attached hydrogens (primary N) is 1. The molecule has 0 atom stereocenters. The Hall–Kier alpha value is -3.57. The van der Waals surface area contributed by atoms with Crippen molar-refractivity contribution in [3.63, 3.8) is 0 Å². The molecule has 0 fully saturated rings. The van der Waals surface area contributed by atoms with E-state index in [4.69, 9.17) is 17.3 Å². The van der Waals surface area contributed by atoms with Gasteiger partial charge in [0.15, 0.2) is 0 Å². The fourth-order valence-electron chi connectivity index (χ4n) is 2.71. The van der Waals surface area contributed by atoms with E-state index in [1.165, 1.54) is 0 Å². The molecule has 0 unspecified atom stereocenters. The van der Waals surface area contributed by atoms with Crippen LogP contribution in [0.2, 0.25) is 5.02 Å². The van der Waals surface area contributed by atoms with Crippen LogP contribution in [0.1, 0.15) is 0 Å². The second-order valence-corrected chi connectivity index (χ2v) is 6.55. The molecule has 0 aliphatic heterocycles. The molecule has 28 heavy (non-hydrogen) atoms. The first-order chi connectivity index (χ1) is 13.7. The van der Waals surface area contributed by atoms with Crippen LogP contribution in [0.25, 0.3) is 10.8 Å². The lowest BCUT2D eigenvalue weighted by molar-refractivity contribution is 1.23. The lowest BCUT2D eigenvalue weighted by Crippen LogP contribution is -1.80. The highest BCUT2D eigenvalue weighted by atomic mass is 35.5. The number of benzene rings is 4. The van der Waals surface area contributed by atoms with E-state index in [0.29, 0.717) is 10.7 Å². The van der Waals surface area contributed by atoms with Crippen LogP contribution in [0.4, 0.5) is 28.4 Å². The lowest BCUT2D eigenvalue weighted by Gasteiger charge is -2.04. The van der Waals surface area contributed by atoms with E-state index in [0.717, 1.165) is 33.5 Å². The van der Waals surface area contributed by atoms with Gasteiger partial charge in [-0.2, -0.15) is 10.2 Å². The molecule has 4 aromatic carbocycles. The van der Waals surface area contributed by atoms with E-state index in [-0.39, 0.29) is 0 Å². The predicted octanol–water partition coefficient (Wildman–Crippen LogP) is 7.91. The van der Waals surface area contributed by atoms with Crippen molar-refractivity contribution in [3.05, 3.63) is 90.0 Å². The van der Waals surface area contributed by atoms with Gasteiger partial charge in [0.1, 0.15) is 0 Å². The molecule has 6 heteroatoms. The van der Waals surface area contributed by atoms with Crippen LogP contribution in [-0.4, -0.2) is 0 Å². The highest BCUT2D eigenvalue weighted by Crippen LogP contribution is 2.35. The van der Waals surface area contributed by atoms with Crippen molar-refractivity contribution in [2.24, 2.45) is 20.5 Å². The standard InChI is InChI=1S/C22H16ClN5/c23-15-5-9-17(10-6-15)25-27-21-13-14-22(20-4-2-1-3-19(20)21)28-26-18-11-7-16(24)8-12-18/h1-14H,24H2. The number of halogens is 1. The van der Waals surface area contributed by atoms with Gasteiger partial charge in [-0.15, -0.1) is 10.2 Å². The Morgan fingerprint density at radius 1 is 0.536 bits per heavy atom. The first kappa shape index (κ1) is 17.8. The van der Waals surface area contributed by atoms with Gasteiger partial charge in [0, 0.05) is 21.5 Å². The minimum absolute atomic E-state index is 0.667. The summed E-state index contributed by atoms with van der Waals surface area (Å²) in [5, 5.41) is 20.0. The maximum absolute atomic E-state index is 5.91. The minimum Gasteiger partial charge on any atom is -0.399 e. The van der Waals surface area contributed by atoms with Crippen molar-refractivity contribution in [1.82, 2.24) is 0 Å². The Kier molecular flexibility index (Phi) is 5.08. The molecule has 4 aromatic rings. The summed E-state index contributed by atoms with van der Waals surface area (Å²) in [6, 6.07) is 26.2. The number of fused-ring (bicyclic) bond motifs is 1. The van der Waals surface area contributed by atoms with Gasteiger partial charge in [-0.25, -0.2) is 0 Å². The largest absolute Gasteiger partial charge is 0.399 e. The zero-order valence-electron chi connectivity index (χ0n) is 14.8. The Morgan fingerprint density at radius 3 is 1.50 bits per heavy atom. The van der Waals surface area contributed by atoms with Gasteiger partial charge in [0.25, 0.3) is 0 Å². The van der Waals surface area contributed by atoms with Crippen LogP contribution in [0.5, 0.6) is 0 Å². The average molecular weight is 386 g/mol. The topological polar surface area (TPSA) is 75.5 Å². The lowest BCUT2D eigenvalue weighted by atomic mass is 10.1. The summed E-state index contributed by atoms with van der Waals surface area (Å²) in [6.45, 7) is 0. The molecule has 0 aliphatic carbocycles. The van der Waals surface area contributed by atoms with Crippen molar-refractivity contribution >= 4 is 50.8 Å². The highest BCUT2D eigenvalue weighted by Gasteiger charge is 2.05.